The molecule has 1 aromatic heterocycles. The average molecular weight is 336 g/mol. The van der Waals surface area contributed by atoms with Crippen LogP contribution in [0.5, 0.6) is 0 Å². The molecule has 0 unspecified atom stereocenters. The number of hydrogen-bond donors (Lipinski definition) is 2. The molecule has 0 spiro atoms. The first-order valence-electron chi connectivity index (χ1n) is 7.08. The van der Waals surface area contributed by atoms with Crippen molar-refractivity contribution in [3.63, 3.8) is 0 Å². The SMILES string of the molecule is C/C(=C/C(=O)NCc1ccc(=O)[nH]c1)c1ccccc1C(F)(F)F. The zero-order valence-corrected chi connectivity index (χ0v) is 12.8. The Morgan fingerprint density at radius 3 is 2.54 bits per heavy atom. The molecule has 1 aromatic carbocycles. The molecule has 0 aliphatic carbocycles. The first-order valence-corrected chi connectivity index (χ1v) is 7.08. The summed E-state index contributed by atoms with van der Waals surface area (Å²) in [7, 11) is 0. The molecule has 2 N–H and O–H groups in total. The van der Waals surface area contributed by atoms with Crippen LogP contribution in [0.4, 0.5) is 13.2 Å². The van der Waals surface area contributed by atoms with Crippen molar-refractivity contribution >= 4 is 11.5 Å². The summed E-state index contributed by atoms with van der Waals surface area (Å²) in [5, 5.41) is 2.56. The van der Waals surface area contributed by atoms with Crippen molar-refractivity contribution in [1.82, 2.24) is 10.3 Å². The van der Waals surface area contributed by atoms with Gasteiger partial charge < -0.3 is 10.3 Å². The van der Waals surface area contributed by atoms with E-state index in [1.54, 1.807) is 6.07 Å². The number of carbonyl (C=O) groups is 1. The van der Waals surface area contributed by atoms with Gasteiger partial charge in [0, 0.05) is 24.9 Å². The molecule has 24 heavy (non-hydrogen) atoms. The number of halogens is 3. The Balaban J connectivity index is 2.12. The van der Waals surface area contributed by atoms with Crippen molar-refractivity contribution in [2.24, 2.45) is 0 Å². The standard InChI is InChI=1S/C17H15F3N2O2/c1-11(13-4-2-3-5-14(13)17(18,19)20)8-16(24)22-10-12-6-7-15(23)21-9-12/h2-9H,10H2,1H3,(H,21,23)(H,22,24)/b11-8-. The normalized spacial score (nSPS) is 12.1. The van der Waals surface area contributed by atoms with Gasteiger partial charge in [-0.1, -0.05) is 24.3 Å². The number of carbonyl (C=O) groups excluding carboxylic acids is 1. The van der Waals surface area contributed by atoms with Gasteiger partial charge in [-0.05, 0) is 29.7 Å². The predicted molar refractivity (Wildman–Crippen MR) is 84.0 cm³/mol. The highest BCUT2D eigenvalue weighted by Crippen LogP contribution is 2.34. The number of H-pyrrole nitrogens is 1. The van der Waals surface area contributed by atoms with E-state index in [1.165, 1.54) is 37.4 Å². The van der Waals surface area contributed by atoms with E-state index in [2.05, 4.69) is 10.3 Å². The summed E-state index contributed by atoms with van der Waals surface area (Å²) in [5.74, 6) is -0.518. The van der Waals surface area contributed by atoms with Gasteiger partial charge in [-0.15, -0.1) is 0 Å². The maximum absolute atomic E-state index is 13.0. The minimum atomic E-state index is -4.49. The third-order valence-corrected chi connectivity index (χ3v) is 3.32. The predicted octanol–water partition coefficient (Wildman–Crippen LogP) is 3.11. The number of alkyl halides is 3. The zero-order valence-electron chi connectivity index (χ0n) is 12.8. The molecule has 4 nitrogen and oxygen atoms in total. The molecule has 0 saturated carbocycles. The molecule has 1 heterocycles. The van der Waals surface area contributed by atoms with Crippen molar-refractivity contribution in [1.29, 1.82) is 0 Å². The van der Waals surface area contributed by atoms with Crippen LogP contribution in [0.3, 0.4) is 0 Å². The van der Waals surface area contributed by atoms with E-state index in [-0.39, 0.29) is 23.2 Å². The summed E-state index contributed by atoms with van der Waals surface area (Å²) in [6.45, 7) is 1.60. The fraction of sp³-hybridized carbons (Fsp3) is 0.176. The van der Waals surface area contributed by atoms with Gasteiger partial charge in [0.2, 0.25) is 11.5 Å². The number of amides is 1. The van der Waals surface area contributed by atoms with Crippen molar-refractivity contribution in [3.8, 4) is 0 Å². The maximum atomic E-state index is 13.0. The van der Waals surface area contributed by atoms with Gasteiger partial charge in [0.1, 0.15) is 0 Å². The first kappa shape index (κ1) is 17.5. The number of hydrogen-bond acceptors (Lipinski definition) is 2. The van der Waals surface area contributed by atoms with Crippen molar-refractivity contribution in [3.05, 3.63) is 75.7 Å². The summed E-state index contributed by atoms with van der Waals surface area (Å²) < 4.78 is 39.0. The molecule has 0 aliphatic heterocycles. The van der Waals surface area contributed by atoms with Gasteiger partial charge in [0.05, 0.1) is 5.56 Å². The Morgan fingerprint density at radius 2 is 1.92 bits per heavy atom. The van der Waals surface area contributed by atoms with Crippen LogP contribution < -0.4 is 10.9 Å². The highest BCUT2D eigenvalue weighted by molar-refractivity contribution is 5.95. The van der Waals surface area contributed by atoms with Gasteiger partial charge in [-0.25, -0.2) is 0 Å². The van der Waals surface area contributed by atoms with Crippen LogP contribution in [0.1, 0.15) is 23.6 Å². The summed E-state index contributed by atoms with van der Waals surface area (Å²) in [4.78, 5) is 25.3. The molecule has 0 saturated heterocycles. The number of nitrogens with one attached hydrogen (secondary N) is 2. The molecule has 7 heteroatoms. The van der Waals surface area contributed by atoms with Crippen LogP contribution in [-0.2, 0) is 17.5 Å². The topological polar surface area (TPSA) is 62.0 Å². The van der Waals surface area contributed by atoms with Gasteiger partial charge in [-0.2, -0.15) is 13.2 Å². The minimum absolute atomic E-state index is 0.0378. The van der Waals surface area contributed by atoms with E-state index in [9.17, 15) is 22.8 Å². The fourth-order valence-electron chi connectivity index (χ4n) is 2.14. The largest absolute Gasteiger partial charge is 0.416 e. The molecule has 2 aromatic rings. The van der Waals surface area contributed by atoms with Crippen LogP contribution in [0.2, 0.25) is 0 Å². The molecule has 126 valence electrons. The second-order valence-corrected chi connectivity index (χ2v) is 5.15. The van der Waals surface area contributed by atoms with Crippen LogP contribution in [0, 0.1) is 0 Å². The van der Waals surface area contributed by atoms with E-state index in [0.29, 0.717) is 5.56 Å². The Kier molecular flexibility index (Phi) is 5.23. The number of benzene rings is 1. The van der Waals surface area contributed by atoms with Gasteiger partial charge in [-0.3, -0.25) is 9.59 Å². The number of allylic oxidation sites excluding steroid dienone is 1. The Morgan fingerprint density at radius 1 is 1.21 bits per heavy atom. The first-order chi connectivity index (χ1) is 11.3. The highest BCUT2D eigenvalue weighted by Gasteiger charge is 2.33. The lowest BCUT2D eigenvalue weighted by Gasteiger charge is -2.13. The van der Waals surface area contributed by atoms with Crippen molar-refractivity contribution in [2.45, 2.75) is 19.6 Å². The Hall–Kier alpha value is -2.83. The number of rotatable bonds is 4. The monoisotopic (exact) mass is 336 g/mol. The van der Waals surface area contributed by atoms with Gasteiger partial charge in [0.25, 0.3) is 0 Å². The second-order valence-electron chi connectivity index (χ2n) is 5.15. The molecule has 0 bridgehead atoms. The van der Waals surface area contributed by atoms with E-state index < -0.39 is 17.6 Å². The molecule has 0 atom stereocenters. The molecule has 0 radical (unpaired) electrons. The van der Waals surface area contributed by atoms with E-state index in [0.717, 1.165) is 12.1 Å². The molecular weight excluding hydrogens is 321 g/mol. The summed E-state index contributed by atoms with van der Waals surface area (Å²) in [5.41, 5.74) is -0.201. The maximum Gasteiger partial charge on any atom is 0.416 e. The van der Waals surface area contributed by atoms with Crippen LogP contribution >= 0.6 is 0 Å². The number of pyridine rings is 1. The van der Waals surface area contributed by atoms with E-state index in [1.807, 2.05) is 0 Å². The Bertz CT molecular complexity index is 803. The molecule has 1 amide bonds. The van der Waals surface area contributed by atoms with Gasteiger partial charge >= 0.3 is 6.18 Å². The van der Waals surface area contributed by atoms with Crippen molar-refractivity contribution < 1.29 is 18.0 Å². The summed E-state index contributed by atoms with van der Waals surface area (Å²) in [6.07, 6.45) is -1.91. The van der Waals surface area contributed by atoms with E-state index in [4.69, 9.17) is 0 Å². The lowest BCUT2D eigenvalue weighted by atomic mass is 10.00. The molecule has 0 aliphatic rings. The lowest BCUT2D eigenvalue weighted by molar-refractivity contribution is -0.137. The fourth-order valence-corrected chi connectivity index (χ4v) is 2.14. The second kappa shape index (κ2) is 7.16. The summed E-state index contributed by atoms with van der Waals surface area (Å²) >= 11 is 0. The van der Waals surface area contributed by atoms with Crippen LogP contribution in [-0.4, -0.2) is 10.9 Å². The van der Waals surface area contributed by atoms with Crippen LogP contribution in [0.15, 0.2) is 53.5 Å². The molecule has 0 fully saturated rings. The van der Waals surface area contributed by atoms with Gasteiger partial charge in [0.15, 0.2) is 0 Å². The lowest BCUT2D eigenvalue weighted by Crippen LogP contribution is -2.21. The molecule has 2 rings (SSSR count). The zero-order chi connectivity index (χ0) is 17.7. The quantitative estimate of drug-likeness (QED) is 0.843. The highest BCUT2D eigenvalue weighted by atomic mass is 19.4. The van der Waals surface area contributed by atoms with Crippen molar-refractivity contribution in [2.75, 3.05) is 0 Å². The molecular formula is C17H15F3N2O2. The van der Waals surface area contributed by atoms with Crippen LogP contribution in [0.25, 0.3) is 5.57 Å². The third-order valence-electron chi connectivity index (χ3n) is 3.32. The third kappa shape index (κ3) is 4.58. The number of aromatic nitrogens is 1. The number of aromatic amines is 1. The smallest absolute Gasteiger partial charge is 0.348 e. The average Bonchev–Trinajstić information content (AvgIpc) is 2.53. The Labute approximate surface area is 136 Å². The summed E-state index contributed by atoms with van der Waals surface area (Å²) in [6, 6.07) is 7.96. The minimum Gasteiger partial charge on any atom is -0.348 e. The van der Waals surface area contributed by atoms with E-state index >= 15 is 0 Å².